The van der Waals surface area contributed by atoms with E-state index in [4.69, 9.17) is 4.74 Å². The molecule has 78 valence electrons. The van der Waals surface area contributed by atoms with Gasteiger partial charge in [0.2, 0.25) is 0 Å². The van der Waals surface area contributed by atoms with Crippen molar-refractivity contribution in [2.75, 3.05) is 6.61 Å². The van der Waals surface area contributed by atoms with Crippen molar-refractivity contribution in [3.05, 3.63) is 16.1 Å². The molecule has 0 radical (unpaired) electrons. The van der Waals surface area contributed by atoms with Crippen LogP contribution in [0.5, 0.6) is 0 Å². The second-order valence-corrected chi connectivity index (χ2v) is 4.06. The average Bonchev–Trinajstić information content (AvgIpc) is 2.63. The molecule has 14 heavy (non-hydrogen) atoms. The van der Waals surface area contributed by atoms with E-state index in [1.165, 1.54) is 11.3 Å². The summed E-state index contributed by atoms with van der Waals surface area (Å²) in [4.78, 5) is 16.1. The minimum absolute atomic E-state index is 0.257. The zero-order chi connectivity index (χ0) is 10.4. The lowest BCUT2D eigenvalue weighted by Crippen LogP contribution is -2.01. The molecule has 0 unspecified atom stereocenters. The number of aryl methyl sites for hydroxylation is 1. The largest absolute Gasteiger partial charge is 0.462 e. The van der Waals surface area contributed by atoms with Crippen molar-refractivity contribution in [2.45, 2.75) is 33.1 Å². The van der Waals surface area contributed by atoms with Crippen LogP contribution in [0.1, 0.15) is 41.4 Å². The van der Waals surface area contributed by atoms with E-state index >= 15 is 0 Å². The SMILES string of the molecule is CCCCc1ncc(C(=O)OCC)s1. The maximum Gasteiger partial charge on any atom is 0.349 e. The highest BCUT2D eigenvalue weighted by Gasteiger charge is 2.10. The predicted molar refractivity (Wildman–Crippen MR) is 56.7 cm³/mol. The molecule has 4 heteroatoms. The summed E-state index contributed by atoms with van der Waals surface area (Å²) < 4.78 is 4.88. The minimum Gasteiger partial charge on any atom is -0.462 e. The van der Waals surface area contributed by atoms with Crippen molar-refractivity contribution in [3.63, 3.8) is 0 Å². The van der Waals surface area contributed by atoms with E-state index in [0.29, 0.717) is 11.5 Å². The van der Waals surface area contributed by atoms with E-state index in [0.717, 1.165) is 24.3 Å². The first-order valence-corrected chi connectivity index (χ1v) is 5.71. The van der Waals surface area contributed by atoms with E-state index in [2.05, 4.69) is 11.9 Å². The Balaban J connectivity index is 2.54. The molecule has 0 saturated carbocycles. The molecule has 1 rings (SSSR count). The maximum atomic E-state index is 11.3. The Labute approximate surface area is 88.1 Å². The zero-order valence-electron chi connectivity index (χ0n) is 8.58. The van der Waals surface area contributed by atoms with E-state index in [-0.39, 0.29) is 5.97 Å². The van der Waals surface area contributed by atoms with E-state index < -0.39 is 0 Å². The molecule has 0 amide bonds. The summed E-state index contributed by atoms with van der Waals surface area (Å²) in [6, 6.07) is 0. The summed E-state index contributed by atoms with van der Waals surface area (Å²) in [5, 5.41) is 1.02. The summed E-state index contributed by atoms with van der Waals surface area (Å²) in [6.45, 7) is 4.36. The third-order valence-electron chi connectivity index (χ3n) is 1.77. The van der Waals surface area contributed by atoms with Crippen LogP contribution in [-0.4, -0.2) is 17.6 Å². The molecule has 0 aromatic carbocycles. The molecule has 0 atom stereocenters. The van der Waals surface area contributed by atoms with Gasteiger partial charge in [0.1, 0.15) is 4.88 Å². The van der Waals surface area contributed by atoms with E-state index in [9.17, 15) is 4.79 Å². The van der Waals surface area contributed by atoms with Gasteiger partial charge < -0.3 is 4.74 Å². The molecule has 1 aromatic heterocycles. The summed E-state index contributed by atoms with van der Waals surface area (Å²) in [5.74, 6) is -0.257. The Morgan fingerprint density at radius 1 is 1.57 bits per heavy atom. The van der Waals surface area contributed by atoms with Gasteiger partial charge in [-0.3, -0.25) is 0 Å². The first kappa shape index (κ1) is 11.2. The number of unbranched alkanes of at least 4 members (excludes halogenated alkanes) is 1. The van der Waals surface area contributed by atoms with Crippen LogP contribution < -0.4 is 0 Å². The van der Waals surface area contributed by atoms with Gasteiger partial charge >= 0.3 is 5.97 Å². The highest BCUT2D eigenvalue weighted by atomic mass is 32.1. The number of aromatic nitrogens is 1. The molecular formula is C10H15NO2S. The standard InChI is InChI=1S/C10H15NO2S/c1-3-5-6-9-11-7-8(14-9)10(12)13-4-2/h7H,3-6H2,1-2H3. The van der Waals surface area contributed by atoms with Gasteiger partial charge in [-0.2, -0.15) is 0 Å². The van der Waals surface area contributed by atoms with Crippen LogP contribution >= 0.6 is 11.3 Å². The lowest BCUT2D eigenvalue weighted by atomic mass is 10.3. The summed E-state index contributed by atoms with van der Waals surface area (Å²) >= 11 is 1.44. The second-order valence-electron chi connectivity index (χ2n) is 2.94. The van der Waals surface area contributed by atoms with Crippen LogP contribution in [0.2, 0.25) is 0 Å². The Morgan fingerprint density at radius 3 is 3.00 bits per heavy atom. The number of carbonyl (C=O) groups is 1. The molecule has 0 spiro atoms. The Morgan fingerprint density at radius 2 is 2.36 bits per heavy atom. The molecule has 0 fully saturated rings. The van der Waals surface area contributed by atoms with Gasteiger partial charge in [0.25, 0.3) is 0 Å². The first-order valence-electron chi connectivity index (χ1n) is 4.89. The number of ether oxygens (including phenoxy) is 1. The molecule has 1 aromatic rings. The Hall–Kier alpha value is -0.900. The highest BCUT2D eigenvalue weighted by molar-refractivity contribution is 7.13. The van der Waals surface area contributed by atoms with Crippen molar-refractivity contribution >= 4 is 17.3 Å². The van der Waals surface area contributed by atoms with Gasteiger partial charge in [0.05, 0.1) is 17.8 Å². The summed E-state index contributed by atoms with van der Waals surface area (Å²) in [7, 11) is 0. The third kappa shape index (κ3) is 3.10. The van der Waals surface area contributed by atoms with Gasteiger partial charge in [0, 0.05) is 0 Å². The number of carbonyl (C=O) groups excluding carboxylic acids is 1. The molecule has 0 N–H and O–H groups in total. The molecule has 0 aliphatic rings. The molecule has 0 aliphatic heterocycles. The van der Waals surface area contributed by atoms with Gasteiger partial charge in [-0.05, 0) is 19.8 Å². The molecule has 3 nitrogen and oxygen atoms in total. The fourth-order valence-electron chi connectivity index (χ4n) is 1.05. The number of nitrogens with zero attached hydrogens (tertiary/aromatic N) is 1. The lowest BCUT2D eigenvalue weighted by molar-refractivity contribution is 0.0532. The normalized spacial score (nSPS) is 10.1. The van der Waals surface area contributed by atoms with Gasteiger partial charge in [0.15, 0.2) is 0 Å². The smallest absolute Gasteiger partial charge is 0.349 e. The highest BCUT2D eigenvalue weighted by Crippen LogP contribution is 2.16. The van der Waals surface area contributed by atoms with Crippen molar-refractivity contribution < 1.29 is 9.53 Å². The Bertz CT molecular complexity index is 296. The van der Waals surface area contributed by atoms with E-state index in [1.54, 1.807) is 13.1 Å². The lowest BCUT2D eigenvalue weighted by Gasteiger charge is -1.95. The van der Waals surface area contributed by atoms with Crippen molar-refractivity contribution in [1.82, 2.24) is 4.98 Å². The molecule has 0 aliphatic carbocycles. The zero-order valence-corrected chi connectivity index (χ0v) is 9.39. The minimum atomic E-state index is -0.257. The molecular weight excluding hydrogens is 198 g/mol. The van der Waals surface area contributed by atoms with Crippen LogP contribution in [0.3, 0.4) is 0 Å². The summed E-state index contributed by atoms with van der Waals surface area (Å²) in [6.07, 6.45) is 4.83. The molecule has 1 heterocycles. The first-order chi connectivity index (χ1) is 6.77. The van der Waals surface area contributed by atoms with Crippen molar-refractivity contribution in [1.29, 1.82) is 0 Å². The quantitative estimate of drug-likeness (QED) is 0.706. The predicted octanol–water partition coefficient (Wildman–Crippen LogP) is 2.66. The molecule has 0 bridgehead atoms. The van der Waals surface area contributed by atoms with Crippen LogP contribution in [-0.2, 0) is 11.2 Å². The monoisotopic (exact) mass is 213 g/mol. The number of thiazole rings is 1. The van der Waals surface area contributed by atoms with Crippen LogP contribution in [0.4, 0.5) is 0 Å². The van der Waals surface area contributed by atoms with E-state index in [1.807, 2.05) is 0 Å². The topological polar surface area (TPSA) is 39.2 Å². The number of rotatable bonds is 5. The number of esters is 1. The number of hydrogen-bond acceptors (Lipinski definition) is 4. The Kier molecular flexibility index (Phi) is 4.59. The summed E-state index contributed by atoms with van der Waals surface area (Å²) in [5.41, 5.74) is 0. The maximum absolute atomic E-state index is 11.3. The second kappa shape index (κ2) is 5.75. The molecule has 0 saturated heterocycles. The average molecular weight is 213 g/mol. The van der Waals surface area contributed by atoms with Crippen molar-refractivity contribution in [3.8, 4) is 0 Å². The third-order valence-corrected chi connectivity index (χ3v) is 2.81. The fourth-order valence-corrected chi connectivity index (χ4v) is 1.90. The van der Waals surface area contributed by atoms with Gasteiger partial charge in [-0.25, -0.2) is 9.78 Å². The van der Waals surface area contributed by atoms with Gasteiger partial charge in [-0.15, -0.1) is 11.3 Å². The van der Waals surface area contributed by atoms with Gasteiger partial charge in [-0.1, -0.05) is 13.3 Å². The van der Waals surface area contributed by atoms with Crippen LogP contribution in [0, 0.1) is 0 Å². The number of hydrogen-bond donors (Lipinski definition) is 0. The fraction of sp³-hybridized carbons (Fsp3) is 0.600. The van der Waals surface area contributed by atoms with Crippen LogP contribution in [0.25, 0.3) is 0 Å². The van der Waals surface area contributed by atoms with Crippen LogP contribution in [0.15, 0.2) is 6.20 Å². The van der Waals surface area contributed by atoms with Crippen molar-refractivity contribution in [2.24, 2.45) is 0 Å².